The number of carbonyl (C=O) groups excluding carboxylic acids is 1. The second kappa shape index (κ2) is 4.97. The topological polar surface area (TPSA) is 75.1 Å². The normalized spacial score (nSPS) is 11.3. The van der Waals surface area contributed by atoms with Crippen molar-refractivity contribution in [2.24, 2.45) is 0 Å². The molecule has 100 valence electrons. The molecule has 0 bridgehead atoms. The molecular weight excluding hydrogens is 262 g/mol. The molecule has 2 N–H and O–H groups in total. The van der Waals surface area contributed by atoms with Gasteiger partial charge in [-0.3, -0.25) is 9.78 Å². The van der Waals surface area contributed by atoms with Crippen molar-refractivity contribution >= 4 is 17.2 Å². The molecule has 2 aromatic rings. The Balaban J connectivity index is 2.18. The Kier molecular flexibility index (Phi) is 3.53. The minimum absolute atomic E-state index is 0.0319. The van der Waals surface area contributed by atoms with Crippen LogP contribution in [0.3, 0.4) is 0 Å². The van der Waals surface area contributed by atoms with Gasteiger partial charge in [0, 0.05) is 17.3 Å². The molecule has 0 radical (unpaired) electrons. The SMILES string of the molecule is Cc1csc(C(C)(C)NC(=O)c2cncc(O)c2)n1. The molecule has 0 saturated heterocycles. The molecule has 0 aliphatic carbocycles. The van der Waals surface area contributed by atoms with Crippen LogP contribution in [0, 0.1) is 6.92 Å². The zero-order valence-electron chi connectivity index (χ0n) is 11.0. The first kappa shape index (κ1) is 13.5. The van der Waals surface area contributed by atoms with Crippen LogP contribution in [0.15, 0.2) is 23.8 Å². The highest BCUT2D eigenvalue weighted by Gasteiger charge is 2.26. The molecule has 1 amide bonds. The molecule has 5 nitrogen and oxygen atoms in total. The number of aromatic nitrogens is 2. The highest BCUT2D eigenvalue weighted by atomic mass is 32.1. The molecule has 6 heteroatoms. The van der Waals surface area contributed by atoms with Gasteiger partial charge in [-0.2, -0.15) is 0 Å². The highest BCUT2D eigenvalue weighted by molar-refractivity contribution is 7.09. The van der Waals surface area contributed by atoms with E-state index in [-0.39, 0.29) is 11.7 Å². The van der Waals surface area contributed by atoms with Gasteiger partial charge in [0.25, 0.3) is 5.91 Å². The summed E-state index contributed by atoms with van der Waals surface area (Å²) in [6, 6.07) is 1.38. The first-order valence-electron chi connectivity index (χ1n) is 5.77. The molecule has 0 aromatic carbocycles. The Hall–Kier alpha value is -1.95. The maximum atomic E-state index is 12.1. The van der Waals surface area contributed by atoms with Crippen molar-refractivity contribution in [3.8, 4) is 5.75 Å². The average Bonchev–Trinajstić information content (AvgIpc) is 2.76. The molecular formula is C13H15N3O2S. The van der Waals surface area contributed by atoms with E-state index in [9.17, 15) is 9.90 Å². The lowest BCUT2D eigenvalue weighted by Crippen LogP contribution is -2.41. The van der Waals surface area contributed by atoms with Crippen LogP contribution in [-0.2, 0) is 5.54 Å². The number of nitrogens with zero attached hydrogens (tertiary/aromatic N) is 2. The van der Waals surface area contributed by atoms with Crippen molar-refractivity contribution < 1.29 is 9.90 Å². The number of nitrogens with one attached hydrogen (secondary N) is 1. The third kappa shape index (κ3) is 3.08. The Morgan fingerprint density at radius 3 is 2.74 bits per heavy atom. The number of thiazole rings is 1. The first-order chi connectivity index (χ1) is 8.88. The van der Waals surface area contributed by atoms with Gasteiger partial charge in [-0.05, 0) is 26.8 Å². The fourth-order valence-electron chi connectivity index (χ4n) is 1.60. The third-order valence-corrected chi connectivity index (χ3v) is 3.85. The lowest BCUT2D eigenvalue weighted by molar-refractivity contribution is 0.0911. The highest BCUT2D eigenvalue weighted by Crippen LogP contribution is 2.24. The lowest BCUT2D eigenvalue weighted by Gasteiger charge is -2.23. The number of pyridine rings is 1. The Morgan fingerprint density at radius 2 is 2.16 bits per heavy atom. The molecule has 0 unspecified atom stereocenters. The van der Waals surface area contributed by atoms with Crippen LogP contribution in [0.25, 0.3) is 0 Å². The fourth-order valence-corrected chi connectivity index (χ4v) is 2.48. The number of aromatic hydroxyl groups is 1. The molecule has 0 aliphatic heterocycles. The van der Waals surface area contributed by atoms with Crippen LogP contribution in [-0.4, -0.2) is 21.0 Å². The van der Waals surface area contributed by atoms with E-state index in [1.54, 1.807) is 0 Å². The van der Waals surface area contributed by atoms with E-state index in [1.807, 2.05) is 26.2 Å². The molecule has 0 spiro atoms. The number of hydrogen-bond acceptors (Lipinski definition) is 5. The predicted molar refractivity (Wildman–Crippen MR) is 73.2 cm³/mol. The monoisotopic (exact) mass is 277 g/mol. The fraction of sp³-hybridized carbons (Fsp3) is 0.308. The van der Waals surface area contributed by atoms with Gasteiger partial charge in [-0.25, -0.2) is 4.98 Å². The van der Waals surface area contributed by atoms with Crippen LogP contribution in [0.2, 0.25) is 0 Å². The van der Waals surface area contributed by atoms with Gasteiger partial charge in [-0.15, -0.1) is 11.3 Å². The quantitative estimate of drug-likeness (QED) is 0.902. The summed E-state index contributed by atoms with van der Waals surface area (Å²) in [6.07, 6.45) is 2.70. The van der Waals surface area contributed by atoms with Crippen molar-refractivity contribution in [1.29, 1.82) is 0 Å². The Morgan fingerprint density at radius 1 is 1.42 bits per heavy atom. The molecule has 2 aromatic heterocycles. The second-order valence-corrected chi connectivity index (χ2v) is 5.66. The van der Waals surface area contributed by atoms with Crippen LogP contribution in [0.1, 0.15) is 34.9 Å². The zero-order chi connectivity index (χ0) is 14.0. The molecule has 2 heterocycles. The number of rotatable bonds is 3. The standard InChI is InChI=1S/C13H15N3O2S/c1-8-7-19-12(15-8)13(2,3)16-11(18)9-4-10(17)6-14-5-9/h4-7,17H,1-3H3,(H,16,18). The van der Waals surface area contributed by atoms with E-state index in [1.165, 1.54) is 29.8 Å². The maximum absolute atomic E-state index is 12.1. The van der Waals surface area contributed by atoms with Crippen LogP contribution in [0.5, 0.6) is 5.75 Å². The van der Waals surface area contributed by atoms with Gasteiger partial charge in [0.15, 0.2) is 0 Å². The van der Waals surface area contributed by atoms with E-state index >= 15 is 0 Å². The first-order valence-corrected chi connectivity index (χ1v) is 6.65. The van der Waals surface area contributed by atoms with E-state index in [0.29, 0.717) is 5.56 Å². The smallest absolute Gasteiger partial charge is 0.253 e. The molecule has 0 atom stereocenters. The zero-order valence-corrected chi connectivity index (χ0v) is 11.8. The Bertz CT molecular complexity index is 607. The van der Waals surface area contributed by atoms with Gasteiger partial charge in [0.2, 0.25) is 0 Å². The maximum Gasteiger partial charge on any atom is 0.253 e. The minimum atomic E-state index is -0.568. The van der Waals surface area contributed by atoms with E-state index in [2.05, 4.69) is 15.3 Å². The van der Waals surface area contributed by atoms with Crippen molar-refractivity contribution in [2.75, 3.05) is 0 Å². The molecule has 19 heavy (non-hydrogen) atoms. The second-order valence-electron chi connectivity index (χ2n) is 4.80. The van der Waals surface area contributed by atoms with Gasteiger partial charge in [0.1, 0.15) is 10.8 Å². The number of hydrogen-bond donors (Lipinski definition) is 2. The summed E-state index contributed by atoms with van der Waals surface area (Å²) in [5.74, 6) is -0.322. The number of carbonyl (C=O) groups is 1. The summed E-state index contributed by atoms with van der Waals surface area (Å²) in [5, 5.41) is 15.0. The van der Waals surface area contributed by atoms with E-state index in [0.717, 1.165) is 10.7 Å². The molecule has 2 rings (SSSR count). The van der Waals surface area contributed by atoms with Gasteiger partial charge in [0.05, 0.1) is 17.3 Å². The Labute approximate surface area is 115 Å². The van der Waals surface area contributed by atoms with E-state index in [4.69, 9.17) is 0 Å². The van der Waals surface area contributed by atoms with Crippen LogP contribution in [0.4, 0.5) is 0 Å². The van der Waals surface area contributed by atoms with Crippen LogP contribution >= 0.6 is 11.3 Å². The third-order valence-electron chi connectivity index (χ3n) is 2.57. The number of aryl methyl sites for hydroxylation is 1. The average molecular weight is 277 g/mol. The van der Waals surface area contributed by atoms with Crippen molar-refractivity contribution in [3.63, 3.8) is 0 Å². The molecule has 0 aliphatic rings. The summed E-state index contributed by atoms with van der Waals surface area (Å²) >= 11 is 1.51. The summed E-state index contributed by atoms with van der Waals surface area (Å²) in [6.45, 7) is 5.69. The summed E-state index contributed by atoms with van der Waals surface area (Å²) < 4.78 is 0. The van der Waals surface area contributed by atoms with Crippen molar-refractivity contribution in [1.82, 2.24) is 15.3 Å². The summed E-state index contributed by atoms with van der Waals surface area (Å²) in [4.78, 5) is 20.3. The van der Waals surface area contributed by atoms with Crippen molar-refractivity contribution in [3.05, 3.63) is 40.1 Å². The van der Waals surface area contributed by atoms with E-state index < -0.39 is 5.54 Å². The predicted octanol–water partition coefficient (Wildman–Crippen LogP) is 2.22. The summed E-state index contributed by atoms with van der Waals surface area (Å²) in [5.41, 5.74) is 0.685. The van der Waals surface area contributed by atoms with Crippen LogP contribution < -0.4 is 5.32 Å². The molecule has 0 saturated carbocycles. The van der Waals surface area contributed by atoms with Gasteiger partial charge >= 0.3 is 0 Å². The van der Waals surface area contributed by atoms with Crippen molar-refractivity contribution in [2.45, 2.75) is 26.3 Å². The number of amides is 1. The largest absolute Gasteiger partial charge is 0.506 e. The van der Waals surface area contributed by atoms with Gasteiger partial charge < -0.3 is 10.4 Å². The lowest BCUT2D eigenvalue weighted by atomic mass is 10.1. The summed E-state index contributed by atoms with van der Waals surface area (Å²) in [7, 11) is 0. The van der Waals surface area contributed by atoms with Gasteiger partial charge in [-0.1, -0.05) is 0 Å². The molecule has 0 fully saturated rings. The minimum Gasteiger partial charge on any atom is -0.506 e.